The number of ether oxygens (including phenoxy) is 2. The molecule has 3 aromatic rings. The lowest BCUT2D eigenvalue weighted by molar-refractivity contribution is -0.385. The Bertz CT molecular complexity index is 1970. The summed E-state index contributed by atoms with van der Waals surface area (Å²) in [5.41, 5.74) is 0.945. The number of rotatable bonds is 17. The molecule has 0 aliphatic rings. The van der Waals surface area contributed by atoms with Gasteiger partial charge in [-0.05, 0) is 46.1 Å². The molecule has 0 radical (unpaired) electrons. The average Bonchev–Trinajstić information content (AvgIpc) is 3.15. The molecular formula is C36H36BrClF2N2O16. The third-order valence-electron chi connectivity index (χ3n) is 6.53. The van der Waals surface area contributed by atoms with Crippen LogP contribution in [0.1, 0.15) is 42.9 Å². The fraction of sp³-hybridized carbons (Fsp3) is 0.250. The summed E-state index contributed by atoms with van der Waals surface area (Å²) in [4.78, 5) is 68.7. The molecular weight excluding hydrogens is 870 g/mol. The van der Waals surface area contributed by atoms with Crippen molar-refractivity contribution in [2.24, 2.45) is 0 Å². The SMILES string of the molecule is CCC(Oc1ccc(CO)c(OC)c1)C(=O)O.O=C(O)C(=O)Cc1ccc(Cl)cc1[N+](=O)[O-].O=C(O)C=CC=Cc1cccc([N+](=O)[O-])c1.O=C(O)CCC(F)(F)Br. The number of alkyl halides is 3. The first kappa shape index (κ1) is 51.7. The molecule has 0 fully saturated rings. The van der Waals surface area contributed by atoms with Gasteiger partial charge in [0.2, 0.25) is 5.78 Å². The molecule has 0 heterocycles. The highest BCUT2D eigenvalue weighted by atomic mass is 79.9. The number of hydrogen-bond donors (Lipinski definition) is 5. The standard InChI is InChI=1S/C12H16O5.C11H9NO4.C9H6ClNO5.C4H5BrF2O2/c1-3-10(12(14)15)17-9-5-4-8(7-13)11(6-9)16-2;13-11(14)7-2-1-4-9-5-3-6-10(8-9)12(15)16;10-6-2-1-5(3-8(12)9(13)14)7(4-6)11(15)16;5-4(6,7)2-1-3(8)9/h4-6,10,13H,3,7H2,1-2H3,(H,14,15);1-8H,(H,13,14);1-2,4H,3H2,(H,13,14);1-2H2,(H,8,9). The normalized spacial score (nSPS) is 11.0. The number of benzene rings is 3. The molecule has 0 spiro atoms. The monoisotopic (exact) mass is 904 g/mol. The minimum absolute atomic E-state index is 0.00404. The number of carboxylic acid groups (broad SMARTS) is 4. The Morgan fingerprint density at radius 2 is 1.57 bits per heavy atom. The summed E-state index contributed by atoms with van der Waals surface area (Å²) in [5.74, 6) is -5.09. The number of allylic oxidation sites excluding steroid dienone is 2. The van der Waals surface area contributed by atoms with Gasteiger partial charge >= 0.3 is 28.7 Å². The van der Waals surface area contributed by atoms with E-state index in [0.717, 1.165) is 12.1 Å². The van der Waals surface area contributed by atoms with Crippen molar-refractivity contribution in [3.05, 3.63) is 121 Å². The van der Waals surface area contributed by atoms with Crippen LogP contribution >= 0.6 is 27.5 Å². The van der Waals surface area contributed by atoms with Gasteiger partial charge in [-0.3, -0.25) is 29.8 Å². The first-order valence-electron chi connectivity index (χ1n) is 16.0. The molecule has 0 aliphatic carbocycles. The van der Waals surface area contributed by atoms with Crippen LogP contribution < -0.4 is 9.47 Å². The van der Waals surface area contributed by atoms with Crippen molar-refractivity contribution in [3.63, 3.8) is 0 Å². The van der Waals surface area contributed by atoms with E-state index < -0.39 is 69.7 Å². The number of aliphatic hydroxyl groups is 1. The maximum Gasteiger partial charge on any atom is 0.372 e. The lowest BCUT2D eigenvalue weighted by atomic mass is 10.1. The van der Waals surface area contributed by atoms with E-state index in [0.29, 0.717) is 29.0 Å². The van der Waals surface area contributed by atoms with Gasteiger partial charge < -0.3 is 35.0 Å². The fourth-order valence-corrected chi connectivity index (χ4v) is 4.17. The van der Waals surface area contributed by atoms with Crippen LogP contribution in [0.4, 0.5) is 20.2 Å². The summed E-state index contributed by atoms with van der Waals surface area (Å²) in [6.45, 7) is 1.59. The van der Waals surface area contributed by atoms with Gasteiger partial charge in [-0.1, -0.05) is 55.0 Å². The van der Waals surface area contributed by atoms with Crippen LogP contribution in [-0.2, 0) is 37.0 Å². The van der Waals surface area contributed by atoms with E-state index in [9.17, 15) is 53.0 Å². The molecule has 0 aromatic heterocycles. The number of aliphatic hydroxyl groups excluding tert-OH is 1. The Morgan fingerprint density at radius 3 is 2.03 bits per heavy atom. The number of ketones is 1. The summed E-state index contributed by atoms with van der Waals surface area (Å²) in [5, 5.41) is 63.8. The van der Waals surface area contributed by atoms with E-state index in [1.165, 1.54) is 43.5 Å². The van der Waals surface area contributed by atoms with Gasteiger partial charge in [0.25, 0.3) is 11.4 Å². The Hall–Kier alpha value is -6.32. The number of carbonyl (C=O) groups excluding carboxylic acids is 1. The summed E-state index contributed by atoms with van der Waals surface area (Å²) >= 11 is 7.56. The minimum Gasteiger partial charge on any atom is -0.496 e. The first-order chi connectivity index (χ1) is 27.0. The zero-order chi connectivity index (χ0) is 44.6. The maximum absolute atomic E-state index is 11.7. The molecule has 314 valence electrons. The van der Waals surface area contributed by atoms with Crippen molar-refractivity contribution >= 4 is 74.6 Å². The van der Waals surface area contributed by atoms with Crippen LogP contribution in [0.5, 0.6) is 11.5 Å². The predicted molar refractivity (Wildman–Crippen MR) is 205 cm³/mol. The summed E-state index contributed by atoms with van der Waals surface area (Å²) < 4.78 is 33.8. The minimum atomic E-state index is -3.04. The third-order valence-corrected chi connectivity index (χ3v) is 7.16. The molecule has 58 heavy (non-hydrogen) atoms. The van der Waals surface area contributed by atoms with Crippen molar-refractivity contribution < 1.29 is 77.6 Å². The van der Waals surface area contributed by atoms with Crippen molar-refractivity contribution in [1.29, 1.82) is 0 Å². The fourth-order valence-electron chi connectivity index (χ4n) is 3.80. The number of hydrogen-bond acceptors (Lipinski definition) is 12. The van der Waals surface area contributed by atoms with E-state index >= 15 is 0 Å². The molecule has 5 N–H and O–H groups in total. The zero-order valence-electron chi connectivity index (χ0n) is 30.3. The summed E-state index contributed by atoms with van der Waals surface area (Å²) in [7, 11) is 1.48. The first-order valence-corrected chi connectivity index (χ1v) is 17.2. The summed E-state index contributed by atoms with van der Waals surface area (Å²) in [6, 6.07) is 14.6. The van der Waals surface area contributed by atoms with Gasteiger partial charge in [0.1, 0.15) is 11.5 Å². The van der Waals surface area contributed by atoms with Gasteiger partial charge in [0.15, 0.2) is 6.10 Å². The average molecular weight is 906 g/mol. The molecule has 0 saturated carbocycles. The highest BCUT2D eigenvalue weighted by Crippen LogP contribution is 2.27. The van der Waals surface area contributed by atoms with Crippen LogP contribution in [-0.4, -0.2) is 83.1 Å². The molecule has 1 unspecified atom stereocenters. The molecule has 0 bridgehead atoms. The second kappa shape index (κ2) is 26.5. The van der Waals surface area contributed by atoms with E-state index in [2.05, 4.69) is 0 Å². The number of Topliss-reactive ketones (excluding diaryl/α,β-unsaturated/α-hetero) is 1. The molecule has 1 atom stereocenters. The third kappa shape index (κ3) is 22.3. The smallest absolute Gasteiger partial charge is 0.372 e. The van der Waals surface area contributed by atoms with Crippen LogP contribution in [0, 0.1) is 20.2 Å². The Labute approximate surface area is 341 Å². The number of non-ortho nitro benzene ring substituents is 1. The van der Waals surface area contributed by atoms with Crippen LogP contribution in [0.3, 0.4) is 0 Å². The Balaban J connectivity index is 0.000000764. The second-order valence-electron chi connectivity index (χ2n) is 10.8. The van der Waals surface area contributed by atoms with Crippen LogP contribution in [0.15, 0.2) is 78.9 Å². The quantitative estimate of drug-likeness (QED) is 0.0228. The number of nitro benzene ring substituents is 2. The second-order valence-corrected chi connectivity index (χ2v) is 12.4. The number of nitrogens with zero attached hydrogens (tertiary/aromatic N) is 2. The van der Waals surface area contributed by atoms with E-state index in [1.807, 2.05) is 15.9 Å². The highest BCUT2D eigenvalue weighted by molar-refractivity contribution is 9.10. The number of nitro groups is 2. The van der Waals surface area contributed by atoms with Gasteiger partial charge in [0.05, 0.1) is 30.0 Å². The van der Waals surface area contributed by atoms with Crippen molar-refractivity contribution in [1.82, 2.24) is 0 Å². The van der Waals surface area contributed by atoms with Gasteiger partial charge in [-0.15, -0.1) is 0 Å². The van der Waals surface area contributed by atoms with Gasteiger partial charge in [-0.25, -0.2) is 14.4 Å². The lowest BCUT2D eigenvalue weighted by Crippen LogP contribution is -2.25. The number of carbonyl (C=O) groups is 5. The number of carboxylic acids is 4. The van der Waals surface area contributed by atoms with Crippen LogP contribution in [0.2, 0.25) is 5.02 Å². The van der Waals surface area contributed by atoms with Crippen LogP contribution in [0.25, 0.3) is 6.08 Å². The van der Waals surface area contributed by atoms with Crippen molar-refractivity contribution in [3.8, 4) is 11.5 Å². The molecule has 0 amide bonds. The molecule has 18 nitrogen and oxygen atoms in total. The van der Waals surface area contributed by atoms with Gasteiger partial charge in [0, 0.05) is 59.3 Å². The van der Waals surface area contributed by atoms with E-state index in [1.54, 1.807) is 43.3 Å². The topological polar surface area (TPSA) is 291 Å². The Kier molecular flexibility index (Phi) is 23.6. The lowest BCUT2D eigenvalue weighted by Gasteiger charge is -2.14. The maximum atomic E-state index is 11.7. The number of methoxy groups -OCH3 is 1. The molecule has 0 saturated heterocycles. The van der Waals surface area contributed by atoms with Crippen molar-refractivity contribution in [2.45, 2.75) is 50.1 Å². The molecule has 3 rings (SSSR count). The number of halogens is 4. The molecule has 0 aliphatic heterocycles. The highest BCUT2D eigenvalue weighted by Gasteiger charge is 2.24. The summed E-state index contributed by atoms with van der Waals surface area (Å²) in [6.07, 6.45) is 3.22. The van der Waals surface area contributed by atoms with Crippen molar-refractivity contribution in [2.75, 3.05) is 7.11 Å². The van der Waals surface area contributed by atoms with E-state index in [4.69, 9.17) is 46.6 Å². The molecule has 3 aromatic carbocycles. The zero-order valence-corrected chi connectivity index (χ0v) is 32.7. The Morgan fingerprint density at radius 1 is 0.931 bits per heavy atom. The predicted octanol–water partition coefficient (Wildman–Crippen LogP) is 6.96. The largest absolute Gasteiger partial charge is 0.496 e. The van der Waals surface area contributed by atoms with Gasteiger partial charge in [-0.2, -0.15) is 8.78 Å². The van der Waals surface area contributed by atoms with E-state index in [-0.39, 0.29) is 28.6 Å². The molecule has 22 heteroatoms. The number of aliphatic carboxylic acids is 4.